The van der Waals surface area contributed by atoms with Gasteiger partial charge in [-0.15, -0.1) is 0 Å². The van der Waals surface area contributed by atoms with E-state index in [1.807, 2.05) is 0 Å². The SMILES string of the molecule is C1=Cc2oc3c(-c4cc(-c5c6ccccc6c(-c6ccc7ccccc7c6)c6ccccc56)cc(-c5c6ccccc6c(-c6ccc7ccccc7c6)c6ccccc56)c4)c4oc5c(c4cc3c2CC1)CCC=C5. The number of rotatable bonds is 5. The molecule has 2 aromatic heterocycles. The van der Waals surface area contributed by atoms with Crippen LogP contribution in [0.15, 0.2) is 227 Å². The second-order valence-electron chi connectivity index (χ2n) is 20.4. The predicted molar refractivity (Wildman–Crippen MR) is 313 cm³/mol. The van der Waals surface area contributed by atoms with E-state index in [2.05, 4.69) is 231 Å². The van der Waals surface area contributed by atoms with Crippen LogP contribution in [0.2, 0.25) is 0 Å². The first-order valence-electron chi connectivity index (χ1n) is 26.1. The second kappa shape index (κ2) is 16.1. The van der Waals surface area contributed by atoms with E-state index in [9.17, 15) is 0 Å². The van der Waals surface area contributed by atoms with Crippen molar-refractivity contribution in [2.75, 3.05) is 0 Å². The van der Waals surface area contributed by atoms with E-state index in [-0.39, 0.29) is 0 Å². The Balaban J connectivity index is 1.05. The van der Waals surface area contributed by atoms with Crippen LogP contribution in [0.4, 0.5) is 0 Å². The maximum absolute atomic E-state index is 7.11. The van der Waals surface area contributed by atoms with Crippen molar-refractivity contribution in [2.45, 2.75) is 25.7 Å². The van der Waals surface area contributed by atoms with Gasteiger partial charge in [-0.05, 0) is 189 Å². The Labute approximate surface area is 427 Å². The first-order valence-corrected chi connectivity index (χ1v) is 26.1. The van der Waals surface area contributed by atoms with Crippen LogP contribution in [0.1, 0.15) is 35.5 Å². The summed E-state index contributed by atoms with van der Waals surface area (Å²) in [5.41, 5.74) is 16.0. The summed E-state index contributed by atoms with van der Waals surface area (Å²) in [7, 11) is 0. The molecule has 0 aliphatic heterocycles. The third-order valence-electron chi connectivity index (χ3n) is 16.3. The van der Waals surface area contributed by atoms with Gasteiger partial charge in [0, 0.05) is 21.9 Å². The molecule has 0 spiro atoms. The fourth-order valence-electron chi connectivity index (χ4n) is 13.1. The van der Waals surface area contributed by atoms with Gasteiger partial charge in [0.1, 0.15) is 22.7 Å². The lowest BCUT2D eigenvalue weighted by molar-refractivity contribution is 0.587. The van der Waals surface area contributed by atoms with Crippen LogP contribution in [0.25, 0.3) is 154 Å². The van der Waals surface area contributed by atoms with Crippen LogP contribution in [-0.4, -0.2) is 0 Å². The third-order valence-corrected chi connectivity index (χ3v) is 16.3. The Morgan fingerprint density at radius 3 is 0.959 bits per heavy atom. The largest absolute Gasteiger partial charge is 0.456 e. The molecule has 2 heterocycles. The number of allylic oxidation sites excluding steroid dienone is 2. The summed E-state index contributed by atoms with van der Waals surface area (Å²) in [6.07, 6.45) is 12.7. The molecule has 2 nitrogen and oxygen atoms in total. The molecule has 0 fully saturated rings. The molecule has 2 aliphatic carbocycles. The highest BCUT2D eigenvalue weighted by molar-refractivity contribution is 6.25. The summed E-state index contributed by atoms with van der Waals surface area (Å²) in [6.45, 7) is 0. The highest BCUT2D eigenvalue weighted by Gasteiger charge is 2.28. The predicted octanol–water partition coefficient (Wildman–Crippen LogP) is 20.4. The highest BCUT2D eigenvalue weighted by atomic mass is 16.3. The number of fused-ring (bicyclic) bond motifs is 12. The molecule has 0 amide bonds. The number of furan rings is 2. The van der Waals surface area contributed by atoms with Gasteiger partial charge in [-0.1, -0.05) is 182 Å². The molecule has 0 bridgehead atoms. The standard InChI is InChI=1S/C72H46O2/c1-3-19-45-37-47(35-33-43(45)17-1)66-54-23-5-9-27-58(54)68(59-28-10-6-24-55(59)66)49-39-50(41-51(40-49)70-71-62(52-21-13-15-31-64(52)73-71)42-63-53-22-14-16-32-65(53)74-72(63)70)69-60-29-11-7-25-56(60)67(57-26-8-12-30-61(57)69)48-36-34-44-18-2-4-20-46(44)38-48/h1-12,15-20,23-42H,13-14,21-22H2. The van der Waals surface area contributed by atoms with Crippen molar-refractivity contribution >= 4 is 98.7 Å². The van der Waals surface area contributed by atoms with Gasteiger partial charge in [0.25, 0.3) is 0 Å². The lowest BCUT2D eigenvalue weighted by Gasteiger charge is -2.21. The average Bonchev–Trinajstić information content (AvgIpc) is 4.03. The van der Waals surface area contributed by atoms with Crippen molar-refractivity contribution in [1.82, 2.24) is 0 Å². The molecule has 0 radical (unpaired) electrons. The first kappa shape index (κ1) is 41.4. The summed E-state index contributed by atoms with van der Waals surface area (Å²) in [5, 5.41) is 17.0. The lowest BCUT2D eigenvalue weighted by atomic mass is 9.82. The number of benzene rings is 12. The fraction of sp³-hybridized carbons (Fsp3) is 0.0556. The van der Waals surface area contributed by atoms with Crippen molar-refractivity contribution < 1.29 is 8.83 Å². The van der Waals surface area contributed by atoms with Crippen LogP contribution in [0.5, 0.6) is 0 Å². The van der Waals surface area contributed by atoms with Gasteiger partial charge in [-0.3, -0.25) is 0 Å². The summed E-state index contributed by atoms with van der Waals surface area (Å²) in [4.78, 5) is 0. The van der Waals surface area contributed by atoms with Crippen LogP contribution in [0.3, 0.4) is 0 Å². The number of hydrogen-bond donors (Lipinski definition) is 0. The maximum atomic E-state index is 7.11. The molecule has 14 aromatic rings. The molecule has 2 heteroatoms. The number of hydrogen-bond acceptors (Lipinski definition) is 2. The molecule has 74 heavy (non-hydrogen) atoms. The van der Waals surface area contributed by atoms with Crippen molar-refractivity contribution in [3.05, 3.63) is 241 Å². The Kier molecular flexibility index (Phi) is 9.02. The minimum Gasteiger partial charge on any atom is -0.456 e. The van der Waals surface area contributed by atoms with E-state index in [1.165, 1.54) is 120 Å². The molecule has 0 saturated carbocycles. The molecule has 12 aromatic carbocycles. The molecule has 346 valence electrons. The Morgan fingerprint density at radius 1 is 0.257 bits per heavy atom. The molecule has 0 N–H and O–H groups in total. The van der Waals surface area contributed by atoms with Gasteiger partial charge in [-0.2, -0.15) is 0 Å². The second-order valence-corrected chi connectivity index (χ2v) is 20.4. The molecule has 0 saturated heterocycles. The van der Waals surface area contributed by atoms with Crippen molar-refractivity contribution in [1.29, 1.82) is 0 Å². The van der Waals surface area contributed by atoms with E-state index in [0.717, 1.165) is 70.6 Å². The lowest BCUT2D eigenvalue weighted by Crippen LogP contribution is -1.95. The van der Waals surface area contributed by atoms with Gasteiger partial charge in [-0.25, -0.2) is 0 Å². The maximum Gasteiger partial charge on any atom is 0.146 e. The van der Waals surface area contributed by atoms with Crippen LogP contribution >= 0.6 is 0 Å². The Morgan fingerprint density at radius 2 is 0.581 bits per heavy atom. The molecular formula is C72H46O2. The first-order chi connectivity index (χ1) is 36.7. The minimum absolute atomic E-state index is 0.884. The van der Waals surface area contributed by atoms with Gasteiger partial charge >= 0.3 is 0 Å². The minimum atomic E-state index is 0.884. The van der Waals surface area contributed by atoms with E-state index in [4.69, 9.17) is 8.83 Å². The van der Waals surface area contributed by atoms with Gasteiger partial charge in [0.2, 0.25) is 0 Å². The smallest absolute Gasteiger partial charge is 0.146 e. The van der Waals surface area contributed by atoms with Crippen molar-refractivity contribution in [2.24, 2.45) is 0 Å². The summed E-state index contributed by atoms with van der Waals surface area (Å²) < 4.78 is 14.2. The van der Waals surface area contributed by atoms with Crippen LogP contribution in [0, 0.1) is 0 Å². The van der Waals surface area contributed by atoms with Crippen molar-refractivity contribution in [3.63, 3.8) is 0 Å². The van der Waals surface area contributed by atoms with Crippen molar-refractivity contribution in [3.8, 4) is 55.6 Å². The Bertz CT molecular complexity index is 4370. The van der Waals surface area contributed by atoms with Gasteiger partial charge in [0.15, 0.2) is 0 Å². The number of aryl methyl sites for hydroxylation is 2. The van der Waals surface area contributed by atoms with Crippen LogP contribution in [-0.2, 0) is 12.8 Å². The monoisotopic (exact) mass is 942 g/mol. The summed E-state index contributed by atoms with van der Waals surface area (Å²) >= 11 is 0. The molecule has 16 rings (SSSR count). The normalized spacial score (nSPS) is 13.4. The highest BCUT2D eigenvalue weighted by Crippen LogP contribution is 2.52. The zero-order valence-corrected chi connectivity index (χ0v) is 40.6. The molecule has 0 atom stereocenters. The third kappa shape index (κ3) is 6.18. The topological polar surface area (TPSA) is 26.3 Å². The van der Waals surface area contributed by atoms with E-state index < -0.39 is 0 Å². The molecule has 0 unspecified atom stereocenters. The van der Waals surface area contributed by atoms with Gasteiger partial charge < -0.3 is 8.83 Å². The molecule has 2 aliphatic rings. The van der Waals surface area contributed by atoms with E-state index in [0.29, 0.717) is 0 Å². The van der Waals surface area contributed by atoms with Crippen LogP contribution < -0.4 is 0 Å². The van der Waals surface area contributed by atoms with E-state index >= 15 is 0 Å². The Hall–Kier alpha value is -9.24. The zero-order valence-electron chi connectivity index (χ0n) is 40.6. The quantitative estimate of drug-likeness (QED) is 0.161. The zero-order chi connectivity index (χ0) is 48.4. The van der Waals surface area contributed by atoms with E-state index in [1.54, 1.807) is 0 Å². The summed E-state index contributed by atoms with van der Waals surface area (Å²) in [6, 6.07) is 77.1. The average molecular weight is 943 g/mol. The summed E-state index contributed by atoms with van der Waals surface area (Å²) in [5.74, 6) is 1.90. The molecular weight excluding hydrogens is 897 g/mol. The van der Waals surface area contributed by atoms with Gasteiger partial charge in [0.05, 0.1) is 5.56 Å². The fourth-order valence-corrected chi connectivity index (χ4v) is 13.1.